The minimum absolute atomic E-state index is 0.0935. The largest absolute Gasteiger partial charge is 0.469 e. The molecule has 0 aliphatic rings. The predicted molar refractivity (Wildman–Crippen MR) is 227 cm³/mol. The molecule has 294 valence electrons. The van der Waals surface area contributed by atoms with Crippen molar-refractivity contribution >= 4 is 64.9 Å². The van der Waals surface area contributed by atoms with Crippen molar-refractivity contribution < 1.29 is 23.5 Å². The van der Waals surface area contributed by atoms with Crippen molar-refractivity contribution in [1.82, 2.24) is 24.1 Å². The number of aromatic nitrogens is 5. The van der Waals surface area contributed by atoms with Crippen LogP contribution in [0.25, 0.3) is 22.0 Å². The van der Waals surface area contributed by atoms with Crippen LogP contribution in [0.2, 0.25) is 10.1 Å². The van der Waals surface area contributed by atoms with Gasteiger partial charge in [0, 0.05) is 64.9 Å². The van der Waals surface area contributed by atoms with Crippen LogP contribution in [-0.2, 0) is 57.4 Å². The summed E-state index contributed by atoms with van der Waals surface area (Å²) in [5, 5.41) is 13.5. The second-order valence-electron chi connectivity index (χ2n) is 15.0. The number of rotatable bonds is 14. The van der Waals surface area contributed by atoms with E-state index in [1.165, 1.54) is 24.6 Å². The zero-order valence-electron chi connectivity index (χ0n) is 33.6. The predicted octanol–water partition coefficient (Wildman–Crippen LogP) is 7.91. The fraction of sp³-hybridized carbons (Fsp3) is 0.349. The van der Waals surface area contributed by atoms with Crippen LogP contribution in [0.3, 0.4) is 0 Å². The number of aryl methyl sites for hydroxylation is 4. The van der Waals surface area contributed by atoms with E-state index in [-0.39, 0.29) is 24.0 Å². The molecule has 13 heteroatoms. The molecule has 0 radical (unpaired) electrons. The monoisotopic (exact) mass is 811 g/mol. The van der Waals surface area contributed by atoms with Crippen LogP contribution < -0.4 is 10.4 Å². The van der Waals surface area contributed by atoms with Crippen LogP contribution in [0.5, 0.6) is 0 Å². The Labute approximate surface area is 339 Å². The molecule has 0 spiro atoms. The summed E-state index contributed by atoms with van der Waals surface area (Å²) >= 11 is 8.76. The minimum Gasteiger partial charge on any atom is -0.469 e. The maximum Gasteiger partial charge on any atom is 0.354 e. The van der Waals surface area contributed by atoms with Gasteiger partial charge in [0.15, 0.2) is 0 Å². The third kappa shape index (κ3) is 7.72. The first kappa shape index (κ1) is 41.0. The van der Waals surface area contributed by atoms with Gasteiger partial charge in [-0.25, -0.2) is 4.79 Å². The lowest BCUT2D eigenvalue weighted by Crippen LogP contribution is -2.66. The molecule has 0 saturated carbocycles. The van der Waals surface area contributed by atoms with Crippen molar-refractivity contribution in [3.05, 3.63) is 118 Å². The summed E-state index contributed by atoms with van der Waals surface area (Å²) in [4.78, 5) is 25.3. The van der Waals surface area contributed by atoms with Gasteiger partial charge in [-0.05, 0) is 53.0 Å². The number of halogens is 1. The zero-order valence-corrected chi connectivity index (χ0v) is 36.2. The molecule has 3 aromatic heterocycles. The summed E-state index contributed by atoms with van der Waals surface area (Å²) < 4.78 is 22.9. The molecule has 3 aromatic carbocycles. The van der Waals surface area contributed by atoms with Gasteiger partial charge < -0.3 is 18.5 Å². The number of carbonyl (C=O) groups is 2. The minimum atomic E-state index is -2.72. The molecule has 0 amide bonds. The van der Waals surface area contributed by atoms with Crippen LogP contribution in [0.1, 0.15) is 66.0 Å². The molecule has 6 aromatic rings. The van der Waals surface area contributed by atoms with Gasteiger partial charge in [0.2, 0.25) is 0 Å². The number of thioether (sulfide) groups is 1. The highest BCUT2D eigenvalue weighted by Gasteiger charge is 2.50. The Kier molecular flexibility index (Phi) is 12.3. The number of hydrogen-bond donors (Lipinski definition) is 0. The third-order valence-corrected chi connectivity index (χ3v) is 16.9. The number of ether oxygens (including phenoxy) is 2. The zero-order chi connectivity index (χ0) is 40.4. The molecule has 0 aliphatic heterocycles. The molecule has 0 N–H and O–H groups in total. The number of fused-ring (bicyclic) bond motifs is 1. The molecule has 6 rings (SSSR count). The summed E-state index contributed by atoms with van der Waals surface area (Å²) in [5.41, 5.74) is 7.35. The van der Waals surface area contributed by atoms with E-state index in [0.29, 0.717) is 28.8 Å². The topological polar surface area (TPSA) is 102 Å². The van der Waals surface area contributed by atoms with Gasteiger partial charge in [0.25, 0.3) is 8.32 Å². The van der Waals surface area contributed by atoms with Gasteiger partial charge in [0.05, 0.1) is 44.3 Å². The Hall–Kier alpha value is -4.62. The highest BCUT2D eigenvalue weighted by atomic mass is 35.5. The van der Waals surface area contributed by atoms with E-state index >= 15 is 0 Å². The molecule has 0 aliphatic carbocycles. The standard InChI is InChI=1S/C43H50ClN5O5SSi/c1-28-38-36(49(23-22-37(50)52-8)41(28)42(51)53-9)21-20-34(44)40(38)39-29(2)47(6)46-35(39)27-55-26-30-24-31(48(7)45-30)25-54-56(43(3,4)5,32-16-12-10-13-17-32)33-18-14-11-15-19-33/h10-21,24H,22-23,25-27H2,1-9H3. The fourth-order valence-corrected chi connectivity index (χ4v) is 13.4. The number of hydrogen-bond acceptors (Lipinski definition) is 8. The summed E-state index contributed by atoms with van der Waals surface area (Å²) in [6.45, 7) is 11.4. The first-order valence-corrected chi connectivity index (χ1v) is 22.0. The molecule has 0 bridgehead atoms. The SMILES string of the molecule is COC(=O)CCn1c(C(=O)OC)c(C)c2c(-c3c(CSCc4cc(CO[Si](c5ccccc5)(c5ccccc5)C(C)(C)C)n(C)n4)nn(C)c3C)c(Cl)ccc21. The lowest BCUT2D eigenvalue weighted by Gasteiger charge is -2.43. The quantitative estimate of drug-likeness (QED) is 0.0809. The van der Waals surface area contributed by atoms with Crippen LogP contribution in [0.4, 0.5) is 0 Å². The van der Waals surface area contributed by atoms with E-state index in [2.05, 4.69) is 87.5 Å². The van der Waals surface area contributed by atoms with Gasteiger partial charge >= 0.3 is 11.9 Å². The van der Waals surface area contributed by atoms with Crippen LogP contribution in [-0.4, -0.2) is 58.6 Å². The number of esters is 2. The maximum atomic E-state index is 13.1. The normalized spacial score (nSPS) is 12.0. The first-order valence-electron chi connectivity index (χ1n) is 18.6. The molecule has 56 heavy (non-hydrogen) atoms. The van der Waals surface area contributed by atoms with Crippen molar-refractivity contribution in [2.45, 2.75) is 70.7 Å². The van der Waals surface area contributed by atoms with Gasteiger partial charge in [-0.1, -0.05) is 93.0 Å². The Bertz CT molecular complexity index is 2330. The van der Waals surface area contributed by atoms with E-state index in [1.54, 1.807) is 11.8 Å². The first-order chi connectivity index (χ1) is 26.7. The van der Waals surface area contributed by atoms with Crippen molar-refractivity contribution in [3.63, 3.8) is 0 Å². The molecular formula is C43H50ClN5O5SSi. The summed E-state index contributed by atoms with van der Waals surface area (Å²) in [6, 6.07) is 27.2. The Morgan fingerprint density at radius 2 is 1.48 bits per heavy atom. The molecule has 0 atom stereocenters. The highest BCUT2D eigenvalue weighted by molar-refractivity contribution is 7.97. The molecule has 0 unspecified atom stereocenters. The van der Waals surface area contributed by atoms with Crippen LogP contribution in [0.15, 0.2) is 78.9 Å². The molecule has 0 fully saturated rings. The molecule has 10 nitrogen and oxygen atoms in total. The van der Waals surface area contributed by atoms with Gasteiger partial charge in [-0.3, -0.25) is 14.2 Å². The van der Waals surface area contributed by atoms with E-state index in [9.17, 15) is 9.59 Å². The molecule has 3 heterocycles. The number of carbonyl (C=O) groups excluding carboxylic acids is 2. The number of methoxy groups -OCH3 is 2. The van der Waals surface area contributed by atoms with Crippen molar-refractivity contribution in [1.29, 1.82) is 0 Å². The Morgan fingerprint density at radius 1 is 0.839 bits per heavy atom. The van der Waals surface area contributed by atoms with Gasteiger partial charge in [0.1, 0.15) is 5.69 Å². The van der Waals surface area contributed by atoms with E-state index in [4.69, 9.17) is 35.7 Å². The van der Waals surface area contributed by atoms with Crippen molar-refractivity contribution in [2.24, 2.45) is 14.1 Å². The lowest BCUT2D eigenvalue weighted by atomic mass is 9.97. The summed E-state index contributed by atoms with van der Waals surface area (Å²) in [6.07, 6.45) is 0.0935. The Morgan fingerprint density at radius 3 is 2.07 bits per heavy atom. The number of benzene rings is 3. The average molecular weight is 813 g/mol. The van der Waals surface area contributed by atoms with Crippen LogP contribution >= 0.6 is 23.4 Å². The number of nitrogens with zero attached hydrogens (tertiary/aromatic N) is 5. The van der Waals surface area contributed by atoms with E-state index < -0.39 is 14.3 Å². The van der Waals surface area contributed by atoms with Gasteiger partial charge in [-0.2, -0.15) is 10.2 Å². The van der Waals surface area contributed by atoms with Crippen molar-refractivity contribution in [2.75, 3.05) is 14.2 Å². The third-order valence-electron chi connectivity index (χ3n) is 10.6. The Balaban J connectivity index is 1.28. The van der Waals surface area contributed by atoms with Crippen LogP contribution in [0, 0.1) is 13.8 Å². The molecule has 0 saturated heterocycles. The summed E-state index contributed by atoms with van der Waals surface area (Å²) in [5.74, 6) is 0.398. The fourth-order valence-electron chi connectivity index (χ4n) is 7.83. The second kappa shape index (κ2) is 16.8. The molecular weight excluding hydrogens is 762 g/mol. The average Bonchev–Trinajstić information content (AvgIpc) is 3.79. The maximum absolute atomic E-state index is 13.1. The smallest absolute Gasteiger partial charge is 0.354 e. The summed E-state index contributed by atoms with van der Waals surface area (Å²) in [7, 11) is 3.88. The van der Waals surface area contributed by atoms with E-state index in [1.807, 2.05) is 54.0 Å². The van der Waals surface area contributed by atoms with Crippen molar-refractivity contribution in [3.8, 4) is 11.1 Å². The second-order valence-corrected chi connectivity index (χ2v) is 20.7. The van der Waals surface area contributed by atoms with E-state index in [0.717, 1.165) is 50.4 Å². The van der Waals surface area contributed by atoms with Gasteiger partial charge in [-0.15, -0.1) is 11.8 Å². The lowest BCUT2D eigenvalue weighted by molar-refractivity contribution is -0.140. The highest BCUT2D eigenvalue weighted by Crippen LogP contribution is 2.43.